The van der Waals surface area contributed by atoms with Gasteiger partial charge in [-0.2, -0.15) is 0 Å². The number of nitrogens with one attached hydrogen (secondary N) is 1. The molecule has 2 rings (SSSR count). The molecule has 0 spiro atoms. The van der Waals surface area contributed by atoms with Crippen LogP contribution in [0.15, 0.2) is 47.9 Å². The SMILES string of the molecule is CCC(CC)CNC(=O)C(C)=Nc1c(C)ncnc1N1/C=C/C=C\C=C\C(C)(CCO)C1. The molecule has 0 aromatic carbocycles. The van der Waals surface area contributed by atoms with E-state index in [9.17, 15) is 9.90 Å². The second kappa shape index (κ2) is 12.3. The van der Waals surface area contributed by atoms with Gasteiger partial charge in [0.1, 0.15) is 17.7 Å². The summed E-state index contributed by atoms with van der Waals surface area (Å²) in [6, 6.07) is 0. The lowest BCUT2D eigenvalue weighted by Gasteiger charge is -2.32. The molecule has 0 aliphatic carbocycles. The minimum absolute atomic E-state index is 0.0890. The van der Waals surface area contributed by atoms with E-state index >= 15 is 0 Å². The number of anilines is 1. The van der Waals surface area contributed by atoms with E-state index in [1.54, 1.807) is 6.92 Å². The van der Waals surface area contributed by atoms with Crippen LogP contribution in [0.4, 0.5) is 11.5 Å². The van der Waals surface area contributed by atoms with Gasteiger partial charge < -0.3 is 15.3 Å². The molecule has 1 aliphatic rings. The number of nitrogens with zero attached hydrogens (tertiary/aromatic N) is 4. The number of carbonyl (C=O) groups excluding carboxylic acids is 1. The fourth-order valence-electron chi connectivity index (χ4n) is 3.58. The summed E-state index contributed by atoms with van der Waals surface area (Å²) in [6.07, 6.45) is 16.1. The van der Waals surface area contributed by atoms with Gasteiger partial charge >= 0.3 is 0 Å². The van der Waals surface area contributed by atoms with Crippen LogP contribution in [0.2, 0.25) is 0 Å². The minimum Gasteiger partial charge on any atom is -0.396 e. The lowest BCUT2D eigenvalue weighted by atomic mass is 9.86. The molecule has 0 saturated heterocycles. The molecule has 174 valence electrons. The van der Waals surface area contributed by atoms with Crippen LogP contribution in [0.25, 0.3) is 0 Å². The Bertz CT molecular complexity index is 886. The zero-order chi connectivity index (χ0) is 23.6. The van der Waals surface area contributed by atoms with Gasteiger partial charge in [0.15, 0.2) is 5.82 Å². The summed E-state index contributed by atoms with van der Waals surface area (Å²) < 4.78 is 0. The monoisotopic (exact) mass is 439 g/mol. The van der Waals surface area contributed by atoms with Crippen LogP contribution in [0, 0.1) is 18.3 Å². The summed E-state index contributed by atoms with van der Waals surface area (Å²) in [4.78, 5) is 28.2. The van der Waals surface area contributed by atoms with E-state index in [0.29, 0.717) is 48.3 Å². The Kier molecular flexibility index (Phi) is 9.78. The van der Waals surface area contributed by atoms with Gasteiger partial charge in [-0.1, -0.05) is 57.9 Å². The number of aliphatic hydroxyl groups excluding tert-OH is 1. The lowest BCUT2D eigenvalue weighted by Crippen LogP contribution is -2.34. The summed E-state index contributed by atoms with van der Waals surface area (Å²) in [5, 5.41) is 12.6. The van der Waals surface area contributed by atoms with Gasteiger partial charge in [-0.15, -0.1) is 0 Å². The van der Waals surface area contributed by atoms with Gasteiger partial charge in [0.05, 0.1) is 5.69 Å². The molecule has 0 radical (unpaired) electrons. The number of aliphatic imine (C=N–C) groups is 1. The van der Waals surface area contributed by atoms with E-state index in [1.807, 2.05) is 42.3 Å². The maximum absolute atomic E-state index is 12.7. The Morgan fingerprint density at radius 1 is 1.25 bits per heavy atom. The number of aliphatic hydroxyl groups is 1. The Hall–Kier alpha value is -2.80. The average molecular weight is 440 g/mol. The molecule has 1 aromatic rings. The Morgan fingerprint density at radius 2 is 1.97 bits per heavy atom. The fraction of sp³-hybridized carbons (Fsp3) is 0.520. The predicted octanol–water partition coefficient (Wildman–Crippen LogP) is 4.26. The standard InChI is InChI=1S/C25H37N5O2/c1-6-21(7-2)16-26-24(32)20(4)29-22-19(3)27-18-28-23(22)30-14-11-9-8-10-12-25(5,17-30)13-15-31/h8-12,14,18,21,31H,6-7,13,15-17H2,1-5H3,(H,26,32)/b9-8-,12-10+,14-11+,29-20?. The summed E-state index contributed by atoms with van der Waals surface area (Å²) in [5.41, 5.74) is 1.38. The van der Waals surface area contributed by atoms with Crippen molar-refractivity contribution in [3.63, 3.8) is 0 Å². The van der Waals surface area contributed by atoms with Crippen molar-refractivity contribution in [1.82, 2.24) is 15.3 Å². The van der Waals surface area contributed by atoms with E-state index in [-0.39, 0.29) is 17.9 Å². The molecule has 1 aromatic heterocycles. The van der Waals surface area contributed by atoms with Crippen LogP contribution in [0.5, 0.6) is 0 Å². The van der Waals surface area contributed by atoms with Gasteiger partial charge in [0.2, 0.25) is 0 Å². The van der Waals surface area contributed by atoms with Crippen LogP contribution >= 0.6 is 0 Å². The van der Waals surface area contributed by atoms with Crippen LogP contribution in [-0.2, 0) is 4.79 Å². The number of rotatable bonds is 9. The lowest BCUT2D eigenvalue weighted by molar-refractivity contribution is -0.115. The Morgan fingerprint density at radius 3 is 2.66 bits per heavy atom. The second-order valence-electron chi connectivity index (χ2n) is 8.56. The molecule has 2 heterocycles. The van der Waals surface area contributed by atoms with Crippen molar-refractivity contribution in [2.45, 2.75) is 53.9 Å². The summed E-state index contributed by atoms with van der Waals surface area (Å²) in [5.74, 6) is 0.917. The topological polar surface area (TPSA) is 90.7 Å². The smallest absolute Gasteiger partial charge is 0.265 e. The van der Waals surface area contributed by atoms with Gasteiger partial charge in [0, 0.05) is 31.3 Å². The van der Waals surface area contributed by atoms with Crippen molar-refractivity contribution < 1.29 is 9.90 Å². The van der Waals surface area contributed by atoms with Crippen molar-refractivity contribution >= 4 is 23.1 Å². The van der Waals surface area contributed by atoms with Crippen molar-refractivity contribution in [1.29, 1.82) is 0 Å². The molecule has 0 fully saturated rings. The Balaban J connectivity index is 2.38. The first-order valence-corrected chi connectivity index (χ1v) is 11.4. The highest BCUT2D eigenvalue weighted by Gasteiger charge is 2.26. The highest BCUT2D eigenvalue weighted by Crippen LogP contribution is 2.33. The predicted molar refractivity (Wildman–Crippen MR) is 131 cm³/mol. The third-order valence-electron chi connectivity index (χ3n) is 5.88. The number of hydrogen-bond donors (Lipinski definition) is 2. The first kappa shape index (κ1) is 25.5. The number of carbonyl (C=O) groups is 1. The third kappa shape index (κ3) is 7.12. The molecule has 0 saturated carbocycles. The molecule has 1 aliphatic heterocycles. The van der Waals surface area contributed by atoms with Crippen molar-refractivity contribution in [3.05, 3.63) is 48.6 Å². The first-order chi connectivity index (χ1) is 15.3. The second-order valence-corrected chi connectivity index (χ2v) is 8.56. The van der Waals surface area contributed by atoms with Crippen molar-refractivity contribution in [2.24, 2.45) is 16.3 Å². The van der Waals surface area contributed by atoms with Gasteiger partial charge in [-0.25, -0.2) is 15.0 Å². The van der Waals surface area contributed by atoms with Crippen LogP contribution < -0.4 is 10.2 Å². The van der Waals surface area contributed by atoms with E-state index in [4.69, 9.17) is 0 Å². The van der Waals surface area contributed by atoms with E-state index in [0.717, 1.165) is 12.8 Å². The zero-order valence-electron chi connectivity index (χ0n) is 20.0. The van der Waals surface area contributed by atoms with Gasteiger partial charge in [0.25, 0.3) is 5.91 Å². The molecule has 2 N–H and O–H groups in total. The number of aryl methyl sites for hydroxylation is 1. The molecular weight excluding hydrogens is 402 g/mol. The number of hydrogen-bond acceptors (Lipinski definition) is 6. The largest absolute Gasteiger partial charge is 0.396 e. The number of allylic oxidation sites excluding steroid dienone is 4. The molecule has 1 atom stereocenters. The highest BCUT2D eigenvalue weighted by molar-refractivity contribution is 6.38. The quantitative estimate of drug-likeness (QED) is 0.561. The molecule has 1 amide bonds. The van der Waals surface area contributed by atoms with Crippen LogP contribution in [0.3, 0.4) is 0 Å². The maximum Gasteiger partial charge on any atom is 0.265 e. The Labute approximate surface area is 192 Å². The van der Waals surface area contributed by atoms with E-state index < -0.39 is 0 Å². The maximum atomic E-state index is 12.7. The summed E-state index contributed by atoms with van der Waals surface area (Å²) >= 11 is 0. The molecule has 7 nitrogen and oxygen atoms in total. The molecule has 1 unspecified atom stereocenters. The van der Waals surface area contributed by atoms with Gasteiger partial charge in [-0.05, 0) is 32.3 Å². The van der Waals surface area contributed by atoms with E-state index in [2.05, 4.69) is 47.1 Å². The first-order valence-electron chi connectivity index (χ1n) is 11.4. The molecular formula is C25H37N5O2. The normalized spacial score (nSPS) is 22.1. The number of amides is 1. The average Bonchev–Trinajstić information content (AvgIpc) is 2.86. The molecule has 32 heavy (non-hydrogen) atoms. The van der Waals surface area contributed by atoms with Crippen molar-refractivity contribution in [3.8, 4) is 0 Å². The summed E-state index contributed by atoms with van der Waals surface area (Å²) in [7, 11) is 0. The van der Waals surface area contributed by atoms with Crippen molar-refractivity contribution in [2.75, 3.05) is 24.6 Å². The number of aromatic nitrogens is 2. The molecule has 0 bridgehead atoms. The van der Waals surface area contributed by atoms with Crippen LogP contribution in [0.1, 0.15) is 52.7 Å². The summed E-state index contributed by atoms with van der Waals surface area (Å²) in [6.45, 7) is 11.3. The highest BCUT2D eigenvalue weighted by atomic mass is 16.3. The minimum atomic E-state index is -0.269. The van der Waals surface area contributed by atoms with E-state index in [1.165, 1.54) is 6.33 Å². The fourth-order valence-corrected chi connectivity index (χ4v) is 3.58. The van der Waals surface area contributed by atoms with Crippen LogP contribution in [-0.4, -0.2) is 46.4 Å². The third-order valence-corrected chi connectivity index (χ3v) is 5.88. The zero-order valence-corrected chi connectivity index (χ0v) is 20.0. The van der Waals surface area contributed by atoms with Gasteiger partial charge in [-0.3, -0.25) is 4.79 Å². The molecule has 7 heteroatoms.